The molecule has 4 heteroatoms. The third kappa shape index (κ3) is 3.71. The molecule has 0 fully saturated rings. The van der Waals surface area contributed by atoms with Crippen LogP contribution in [-0.2, 0) is 9.53 Å². The van der Waals surface area contributed by atoms with Gasteiger partial charge in [-0.2, -0.15) is 0 Å². The lowest BCUT2D eigenvalue weighted by Gasteiger charge is -2.09. The van der Waals surface area contributed by atoms with Gasteiger partial charge in [0, 0.05) is 10.9 Å². The zero-order valence-electron chi connectivity index (χ0n) is 12.7. The molecule has 2 aromatic rings. The van der Waals surface area contributed by atoms with Crippen molar-refractivity contribution in [1.29, 1.82) is 0 Å². The normalized spacial score (nSPS) is 12.2. The fraction of sp³-hybridized carbons (Fsp3) is 0.353. The van der Waals surface area contributed by atoms with E-state index in [-0.39, 0.29) is 18.4 Å². The third-order valence-corrected chi connectivity index (χ3v) is 4.43. The van der Waals surface area contributed by atoms with Crippen LogP contribution in [-0.4, -0.2) is 12.6 Å². The minimum atomic E-state index is -0.307. The minimum absolute atomic E-state index is 0.219. The van der Waals surface area contributed by atoms with Crippen molar-refractivity contribution in [1.82, 2.24) is 0 Å². The molecule has 0 aliphatic carbocycles. The lowest BCUT2D eigenvalue weighted by molar-refractivity contribution is -0.143. The summed E-state index contributed by atoms with van der Waals surface area (Å²) in [6.45, 7) is 6.41. The van der Waals surface area contributed by atoms with Crippen molar-refractivity contribution in [2.24, 2.45) is 5.73 Å². The van der Waals surface area contributed by atoms with Crippen LogP contribution in [0.2, 0.25) is 0 Å². The van der Waals surface area contributed by atoms with E-state index in [1.807, 2.05) is 5.38 Å². The third-order valence-electron chi connectivity index (χ3n) is 3.47. The molecule has 0 bridgehead atoms. The number of hydrogen-bond acceptors (Lipinski definition) is 4. The van der Waals surface area contributed by atoms with E-state index in [0.29, 0.717) is 6.61 Å². The van der Waals surface area contributed by atoms with Crippen LogP contribution < -0.4 is 5.73 Å². The summed E-state index contributed by atoms with van der Waals surface area (Å²) < 4.78 is 4.95. The van der Waals surface area contributed by atoms with Gasteiger partial charge in [0.2, 0.25) is 0 Å². The average Bonchev–Trinajstić information content (AvgIpc) is 2.88. The van der Waals surface area contributed by atoms with Gasteiger partial charge in [-0.1, -0.05) is 18.2 Å². The van der Waals surface area contributed by atoms with Gasteiger partial charge in [-0.15, -0.1) is 11.3 Å². The Morgan fingerprint density at radius 3 is 2.62 bits per heavy atom. The summed E-state index contributed by atoms with van der Waals surface area (Å²) in [5, 5.41) is 2.03. The smallest absolute Gasteiger partial charge is 0.307 e. The summed E-state index contributed by atoms with van der Waals surface area (Å²) in [5.41, 5.74) is 10.9. The highest BCUT2D eigenvalue weighted by Gasteiger charge is 2.16. The fourth-order valence-corrected chi connectivity index (χ4v) is 3.55. The molecule has 0 aliphatic heterocycles. The van der Waals surface area contributed by atoms with E-state index in [4.69, 9.17) is 10.5 Å². The zero-order chi connectivity index (χ0) is 15.4. The Balaban J connectivity index is 2.20. The first-order chi connectivity index (χ1) is 10.0. The Bertz CT molecular complexity index is 613. The van der Waals surface area contributed by atoms with Gasteiger partial charge >= 0.3 is 5.97 Å². The molecule has 2 N–H and O–H groups in total. The number of carbonyl (C=O) groups excluding carboxylic acids is 1. The van der Waals surface area contributed by atoms with E-state index < -0.39 is 0 Å². The Morgan fingerprint density at radius 2 is 2.00 bits per heavy atom. The van der Waals surface area contributed by atoms with Crippen molar-refractivity contribution in [2.75, 3.05) is 6.61 Å². The van der Waals surface area contributed by atoms with Gasteiger partial charge in [-0.25, -0.2) is 0 Å². The van der Waals surface area contributed by atoms with Gasteiger partial charge in [0.05, 0.1) is 13.0 Å². The molecule has 0 saturated carbocycles. The first kappa shape index (κ1) is 15.7. The number of nitrogens with two attached hydrogens (primary N) is 1. The van der Waals surface area contributed by atoms with Crippen LogP contribution in [0.1, 0.15) is 36.1 Å². The summed E-state index contributed by atoms with van der Waals surface area (Å²) in [4.78, 5) is 12.7. The molecule has 1 aromatic carbocycles. The van der Waals surface area contributed by atoms with Gasteiger partial charge in [-0.3, -0.25) is 4.79 Å². The second-order valence-corrected chi connectivity index (χ2v) is 6.04. The number of benzene rings is 1. The monoisotopic (exact) mass is 303 g/mol. The van der Waals surface area contributed by atoms with Gasteiger partial charge in [0.1, 0.15) is 0 Å². The molecule has 1 aromatic heterocycles. The van der Waals surface area contributed by atoms with Crippen molar-refractivity contribution in [3.05, 3.63) is 46.3 Å². The summed E-state index contributed by atoms with van der Waals surface area (Å²) in [6.07, 6.45) is 0.219. The molecule has 1 heterocycles. The van der Waals surface area contributed by atoms with Crippen LogP contribution in [0, 0.1) is 13.8 Å². The molecule has 2 rings (SSSR count). The lowest BCUT2D eigenvalue weighted by atomic mass is 10.00. The molecular weight excluding hydrogens is 282 g/mol. The SMILES string of the molecule is CCOC(=O)CC(N)c1csc(-c2c(C)cccc2C)c1. The minimum Gasteiger partial charge on any atom is -0.466 e. The van der Waals surface area contributed by atoms with E-state index in [2.05, 4.69) is 38.1 Å². The molecule has 1 atom stereocenters. The topological polar surface area (TPSA) is 52.3 Å². The van der Waals surface area contributed by atoms with Crippen molar-refractivity contribution in [2.45, 2.75) is 33.2 Å². The summed E-state index contributed by atoms with van der Waals surface area (Å²) in [7, 11) is 0. The molecule has 0 aliphatic rings. The summed E-state index contributed by atoms with van der Waals surface area (Å²) in [5.74, 6) is -0.246. The highest BCUT2D eigenvalue weighted by Crippen LogP contribution is 2.34. The van der Waals surface area contributed by atoms with Crippen LogP contribution in [0.25, 0.3) is 10.4 Å². The first-order valence-corrected chi connectivity index (χ1v) is 7.97. The Labute approximate surface area is 129 Å². The van der Waals surface area contributed by atoms with Crippen molar-refractivity contribution in [3.8, 4) is 10.4 Å². The second-order valence-electron chi connectivity index (χ2n) is 5.13. The van der Waals surface area contributed by atoms with E-state index >= 15 is 0 Å². The number of esters is 1. The maximum absolute atomic E-state index is 11.5. The highest BCUT2D eigenvalue weighted by atomic mass is 32.1. The van der Waals surface area contributed by atoms with Crippen LogP contribution in [0.5, 0.6) is 0 Å². The first-order valence-electron chi connectivity index (χ1n) is 7.09. The number of carbonyl (C=O) groups is 1. The number of aryl methyl sites for hydroxylation is 2. The Morgan fingerprint density at radius 1 is 1.33 bits per heavy atom. The van der Waals surface area contributed by atoms with Crippen LogP contribution in [0.15, 0.2) is 29.6 Å². The van der Waals surface area contributed by atoms with E-state index in [1.54, 1.807) is 18.3 Å². The maximum Gasteiger partial charge on any atom is 0.307 e. The van der Waals surface area contributed by atoms with Crippen molar-refractivity contribution < 1.29 is 9.53 Å². The number of rotatable bonds is 5. The Kier molecular flexibility index (Phi) is 5.15. The molecular formula is C17H21NO2S. The number of ether oxygens (including phenoxy) is 1. The molecule has 0 amide bonds. The second kappa shape index (κ2) is 6.87. The van der Waals surface area contributed by atoms with Crippen molar-refractivity contribution >= 4 is 17.3 Å². The molecule has 0 spiro atoms. The zero-order valence-corrected chi connectivity index (χ0v) is 13.5. The van der Waals surface area contributed by atoms with E-state index in [9.17, 15) is 4.79 Å². The molecule has 112 valence electrons. The molecule has 3 nitrogen and oxygen atoms in total. The van der Waals surface area contributed by atoms with Crippen LogP contribution in [0.3, 0.4) is 0 Å². The molecule has 0 radical (unpaired) electrons. The van der Waals surface area contributed by atoms with Crippen molar-refractivity contribution in [3.63, 3.8) is 0 Å². The maximum atomic E-state index is 11.5. The van der Waals surface area contributed by atoms with E-state index in [1.165, 1.54) is 21.6 Å². The van der Waals surface area contributed by atoms with Gasteiger partial charge in [0.15, 0.2) is 0 Å². The number of hydrogen-bond donors (Lipinski definition) is 1. The predicted molar refractivity (Wildman–Crippen MR) is 87.4 cm³/mol. The van der Waals surface area contributed by atoms with Gasteiger partial charge in [-0.05, 0) is 54.5 Å². The fourth-order valence-electron chi connectivity index (χ4n) is 2.40. The van der Waals surface area contributed by atoms with E-state index in [0.717, 1.165) is 5.56 Å². The standard InChI is InChI=1S/C17H21NO2S/c1-4-20-16(19)9-14(18)13-8-15(21-10-13)17-11(2)6-5-7-12(17)3/h5-8,10,14H,4,9,18H2,1-3H3. The number of thiophene rings is 1. The predicted octanol–water partition coefficient (Wildman–Crippen LogP) is 3.98. The highest BCUT2D eigenvalue weighted by molar-refractivity contribution is 7.13. The molecule has 1 unspecified atom stereocenters. The van der Waals surface area contributed by atoms with Crippen LogP contribution >= 0.6 is 11.3 Å². The largest absolute Gasteiger partial charge is 0.466 e. The summed E-state index contributed by atoms with van der Waals surface area (Å²) in [6, 6.07) is 8.07. The van der Waals surface area contributed by atoms with Crippen LogP contribution in [0.4, 0.5) is 0 Å². The average molecular weight is 303 g/mol. The Hall–Kier alpha value is -1.65. The lowest BCUT2D eigenvalue weighted by Crippen LogP contribution is -2.16. The van der Waals surface area contributed by atoms with Gasteiger partial charge in [0.25, 0.3) is 0 Å². The molecule has 0 saturated heterocycles. The van der Waals surface area contributed by atoms with Gasteiger partial charge < -0.3 is 10.5 Å². The summed E-state index contributed by atoms with van der Waals surface area (Å²) >= 11 is 1.67. The molecule has 21 heavy (non-hydrogen) atoms. The quantitative estimate of drug-likeness (QED) is 0.850.